The van der Waals surface area contributed by atoms with Gasteiger partial charge in [0.2, 0.25) is 0 Å². The van der Waals surface area contributed by atoms with E-state index in [9.17, 15) is 40.9 Å². The van der Waals surface area contributed by atoms with Crippen molar-refractivity contribution >= 4 is 0 Å². The molecule has 15 nitrogen and oxygen atoms in total. The third-order valence-corrected chi connectivity index (χ3v) is 7.08. The van der Waals surface area contributed by atoms with E-state index in [1.807, 2.05) is 0 Å². The Balaban J connectivity index is 1.54. The van der Waals surface area contributed by atoms with E-state index in [0.717, 1.165) is 6.42 Å². The van der Waals surface area contributed by atoms with Crippen LogP contribution in [0.4, 0.5) is 0 Å². The van der Waals surface area contributed by atoms with E-state index in [0.29, 0.717) is 19.6 Å². The van der Waals surface area contributed by atoms with Crippen LogP contribution < -0.4 is 0 Å². The molecule has 0 aromatic heterocycles. The summed E-state index contributed by atoms with van der Waals surface area (Å²) in [6, 6.07) is 0. The van der Waals surface area contributed by atoms with Crippen molar-refractivity contribution < 1.29 is 74.0 Å². The van der Waals surface area contributed by atoms with Crippen molar-refractivity contribution in [2.75, 3.05) is 26.4 Å². The van der Waals surface area contributed by atoms with Crippen LogP contribution in [0.15, 0.2) is 0 Å². The van der Waals surface area contributed by atoms with Gasteiger partial charge in [-0.05, 0) is 19.8 Å². The highest BCUT2D eigenvalue weighted by atomic mass is 16.8. The Morgan fingerprint density at radius 1 is 0.703 bits per heavy atom. The van der Waals surface area contributed by atoms with Gasteiger partial charge < -0.3 is 74.0 Å². The van der Waals surface area contributed by atoms with Gasteiger partial charge in [0.25, 0.3) is 0 Å². The molecule has 0 radical (unpaired) electrons. The highest BCUT2D eigenvalue weighted by Crippen LogP contribution is 2.33. The first-order valence-corrected chi connectivity index (χ1v) is 12.5. The molecule has 0 amide bonds. The second-order valence-corrected chi connectivity index (χ2v) is 9.82. The monoisotopic (exact) mass is 542 g/mol. The first-order valence-electron chi connectivity index (χ1n) is 12.5. The summed E-state index contributed by atoms with van der Waals surface area (Å²) in [5, 5.41) is 81.5. The smallest absolute Gasteiger partial charge is 0.187 e. The van der Waals surface area contributed by atoms with Gasteiger partial charge in [-0.25, -0.2) is 0 Å². The van der Waals surface area contributed by atoms with Crippen LogP contribution in [0.3, 0.4) is 0 Å². The van der Waals surface area contributed by atoms with Gasteiger partial charge in [-0.2, -0.15) is 0 Å². The molecule has 15 atom stereocenters. The highest BCUT2D eigenvalue weighted by molar-refractivity contribution is 4.95. The largest absolute Gasteiger partial charge is 0.394 e. The third-order valence-electron chi connectivity index (χ3n) is 7.08. The Labute approximate surface area is 213 Å². The van der Waals surface area contributed by atoms with Crippen LogP contribution in [0.1, 0.15) is 19.8 Å². The van der Waals surface area contributed by atoms with Crippen molar-refractivity contribution in [1.82, 2.24) is 0 Å². The van der Waals surface area contributed by atoms with Crippen molar-refractivity contribution in [3.8, 4) is 0 Å². The quantitative estimate of drug-likeness (QED) is 0.151. The van der Waals surface area contributed by atoms with Crippen molar-refractivity contribution in [3.63, 3.8) is 0 Å². The van der Waals surface area contributed by atoms with Gasteiger partial charge in [0.1, 0.15) is 61.0 Å². The zero-order chi connectivity index (χ0) is 26.9. The summed E-state index contributed by atoms with van der Waals surface area (Å²) in [5.41, 5.74) is 0. The lowest BCUT2D eigenvalue weighted by atomic mass is 9.96. The lowest BCUT2D eigenvalue weighted by Crippen LogP contribution is -2.66. The summed E-state index contributed by atoms with van der Waals surface area (Å²) >= 11 is 0. The maximum absolute atomic E-state index is 11.2. The average Bonchev–Trinajstić information content (AvgIpc) is 2.89. The maximum Gasteiger partial charge on any atom is 0.187 e. The first kappa shape index (κ1) is 29.4. The van der Waals surface area contributed by atoms with E-state index in [1.165, 1.54) is 0 Å². The van der Waals surface area contributed by atoms with Crippen molar-refractivity contribution in [1.29, 1.82) is 0 Å². The molecule has 4 saturated heterocycles. The summed E-state index contributed by atoms with van der Waals surface area (Å²) in [4.78, 5) is 0. The van der Waals surface area contributed by atoms with E-state index in [1.54, 1.807) is 6.92 Å². The number of aliphatic hydroxyl groups is 8. The van der Waals surface area contributed by atoms with Gasteiger partial charge in [0.05, 0.1) is 32.0 Å². The van der Waals surface area contributed by atoms with Crippen LogP contribution in [0.5, 0.6) is 0 Å². The zero-order valence-corrected chi connectivity index (χ0v) is 20.3. The molecule has 0 spiro atoms. The summed E-state index contributed by atoms with van der Waals surface area (Å²) < 4.78 is 39.6. The van der Waals surface area contributed by atoms with Gasteiger partial charge >= 0.3 is 0 Å². The maximum atomic E-state index is 11.2. The molecule has 4 aliphatic rings. The molecule has 0 saturated carbocycles. The molecule has 4 rings (SSSR count). The Hall–Kier alpha value is -0.600. The number of aliphatic hydroxyl groups excluding tert-OH is 8. The molecule has 4 fully saturated rings. The third kappa shape index (κ3) is 6.42. The summed E-state index contributed by atoms with van der Waals surface area (Å²) in [7, 11) is 0. The van der Waals surface area contributed by atoms with Gasteiger partial charge in [-0.15, -0.1) is 0 Å². The fraction of sp³-hybridized carbons (Fsp3) is 1.00. The summed E-state index contributed by atoms with van der Waals surface area (Å²) in [5.74, 6) is 0. The molecule has 15 heteroatoms. The van der Waals surface area contributed by atoms with Crippen molar-refractivity contribution in [2.24, 2.45) is 0 Å². The molecular formula is C22H38O15. The first-order chi connectivity index (χ1) is 17.6. The van der Waals surface area contributed by atoms with Gasteiger partial charge in [0.15, 0.2) is 18.9 Å². The minimum atomic E-state index is -1.76. The van der Waals surface area contributed by atoms with Crippen molar-refractivity contribution in [2.45, 2.75) is 112 Å². The number of hydrogen-bond acceptors (Lipinski definition) is 15. The molecule has 37 heavy (non-hydrogen) atoms. The second-order valence-electron chi connectivity index (χ2n) is 9.82. The van der Waals surface area contributed by atoms with E-state index in [-0.39, 0.29) is 12.7 Å². The SMILES string of the molecule is C[C@@H]1O[C@@H](O[C@@H]2CCCOC2)[C@H](O)[C@H](O[C@@H]2O[C@H](CO)[C@@H](O)[C@H](O)[C@H]2O)[C@H]1O[C@@H]1OC[C@@H](O)[C@H](O)[C@H]1O. The van der Waals surface area contributed by atoms with E-state index >= 15 is 0 Å². The van der Waals surface area contributed by atoms with Crippen LogP contribution in [0.25, 0.3) is 0 Å². The Morgan fingerprint density at radius 3 is 2.05 bits per heavy atom. The number of ether oxygens (including phenoxy) is 7. The lowest BCUT2D eigenvalue weighted by molar-refractivity contribution is -0.382. The van der Waals surface area contributed by atoms with E-state index < -0.39 is 92.6 Å². The van der Waals surface area contributed by atoms with Gasteiger partial charge in [0, 0.05) is 6.61 Å². The Bertz CT molecular complexity index is 708. The fourth-order valence-corrected chi connectivity index (χ4v) is 4.84. The topological polar surface area (TPSA) is 226 Å². The van der Waals surface area contributed by atoms with Crippen LogP contribution in [0.2, 0.25) is 0 Å². The minimum absolute atomic E-state index is 0.293. The molecule has 4 heterocycles. The van der Waals surface area contributed by atoms with Crippen LogP contribution in [-0.4, -0.2) is 159 Å². The molecule has 4 aliphatic heterocycles. The van der Waals surface area contributed by atoms with Crippen molar-refractivity contribution in [3.05, 3.63) is 0 Å². The van der Waals surface area contributed by atoms with E-state index in [2.05, 4.69) is 0 Å². The number of rotatable bonds is 7. The van der Waals surface area contributed by atoms with Crippen LogP contribution in [-0.2, 0) is 33.2 Å². The fourth-order valence-electron chi connectivity index (χ4n) is 4.84. The molecule has 0 aromatic rings. The summed E-state index contributed by atoms with van der Waals surface area (Å²) in [6.07, 6.45) is -19.1. The Kier molecular flexibility index (Phi) is 10.1. The van der Waals surface area contributed by atoms with Crippen LogP contribution in [0, 0.1) is 0 Å². The van der Waals surface area contributed by atoms with Gasteiger partial charge in [-0.3, -0.25) is 0 Å². The lowest BCUT2D eigenvalue weighted by Gasteiger charge is -2.48. The summed E-state index contributed by atoms with van der Waals surface area (Å²) in [6.45, 7) is 1.44. The molecule has 8 N–H and O–H groups in total. The molecule has 0 aliphatic carbocycles. The van der Waals surface area contributed by atoms with E-state index in [4.69, 9.17) is 33.2 Å². The molecule has 0 aromatic carbocycles. The molecule has 0 unspecified atom stereocenters. The van der Waals surface area contributed by atoms with Gasteiger partial charge in [-0.1, -0.05) is 0 Å². The van der Waals surface area contributed by atoms with Crippen LogP contribution >= 0.6 is 0 Å². The average molecular weight is 543 g/mol. The standard InChI is InChI=1S/C22H38O15/c1-8-18(36-20-15(28)12(25)10(24)7-32-20)19(17(30)22(33-8)34-9-3-2-4-31-6-9)37-21-16(29)14(27)13(26)11(5-23)35-21/h8-30H,2-7H2,1H3/t8-,9+,10+,11+,12-,13+,14-,15+,16+,17+,18-,19-,20-,21-,22-/m0/s1. The molecule has 216 valence electrons. The molecule has 0 bridgehead atoms. The zero-order valence-electron chi connectivity index (χ0n) is 20.3. The highest BCUT2D eigenvalue weighted by Gasteiger charge is 2.53. The predicted molar refractivity (Wildman–Crippen MR) is 117 cm³/mol. The minimum Gasteiger partial charge on any atom is -0.394 e. The molecular weight excluding hydrogens is 504 g/mol. The second kappa shape index (κ2) is 12.7. The predicted octanol–water partition coefficient (Wildman–Crippen LogP) is -4.70. The normalized spacial score (nSPS) is 51.6. The number of hydrogen-bond donors (Lipinski definition) is 8. The Morgan fingerprint density at radius 2 is 1.38 bits per heavy atom.